The lowest BCUT2D eigenvalue weighted by molar-refractivity contribution is -0.271. The third-order valence-electron chi connectivity index (χ3n) is 5.76. The van der Waals surface area contributed by atoms with Crippen molar-refractivity contribution in [2.24, 2.45) is 0 Å². The Labute approximate surface area is 192 Å². The minimum atomic E-state index is -1.86. The lowest BCUT2D eigenvalue weighted by atomic mass is 9.94. The minimum Gasteiger partial charge on any atom is -0.508 e. The molecule has 1 fully saturated rings. The van der Waals surface area contributed by atoms with Crippen molar-refractivity contribution < 1.29 is 59.5 Å². The highest BCUT2D eigenvalue weighted by atomic mass is 16.7. The van der Waals surface area contributed by atoms with Crippen LogP contribution in [0, 0.1) is 0 Å². The molecule has 0 aliphatic carbocycles. The highest BCUT2D eigenvalue weighted by Gasteiger charge is 2.48. The molecule has 1 saturated heterocycles. The van der Waals surface area contributed by atoms with Gasteiger partial charge in [-0.2, -0.15) is 0 Å². The van der Waals surface area contributed by atoms with E-state index in [1.54, 1.807) is 0 Å². The van der Waals surface area contributed by atoms with Crippen molar-refractivity contribution in [2.45, 2.75) is 49.3 Å². The number of aromatic hydroxyl groups is 2. The van der Waals surface area contributed by atoms with Gasteiger partial charge in [0.15, 0.2) is 17.6 Å². The van der Waals surface area contributed by atoms with Gasteiger partial charge in [-0.15, -0.1) is 0 Å². The van der Waals surface area contributed by atoms with Crippen LogP contribution in [0.15, 0.2) is 30.3 Å². The van der Waals surface area contributed by atoms with E-state index in [1.165, 1.54) is 31.4 Å². The summed E-state index contributed by atoms with van der Waals surface area (Å²) in [6.07, 6.45) is -10.8. The van der Waals surface area contributed by atoms with Crippen LogP contribution in [-0.4, -0.2) is 85.6 Å². The van der Waals surface area contributed by atoms with E-state index in [0.717, 1.165) is 6.07 Å². The number of aliphatic carboxylic acids is 1. The first kappa shape index (κ1) is 23.9. The summed E-state index contributed by atoms with van der Waals surface area (Å²) in [6.45, 7) is 0. The van der Waals surface area contributed by atoms with Crippen LogP contribution in [-0.2, 0) is 16.0 Å². The van der Waals surface area contributed by atoms with E-state index in [-0.39, 0.29) is 35.2 Å². The van der Waals surface area contributed by atoms with Crippen LogP contribution >= 0.6 is 0 Å². The minimum absolute atomic E-state index is 0.0176. The van der Waals surface area contributed by atoms with E-state index in [9.17, 15) is 40.5 Å². The predicted molar refractivity (Wildman–Crippen MR) is 111 cm³/mol. The number of methoxy groups -OCH3 is 1. The van der Waals surface area contributed by atoms with E-state index in [1.807, 2.05) is 0 Å². The van der Waals surface area contributed by atoms with Crippen LogP contribution in [0.1, 0.15) is 17.2 Å². The van der Waals surface area contributed by atoms with Crippen molar-refractivity contribution in [2.75, 3.05) is 7.11 Å². The van der Waals surface area contributed by atoms with Gasteiger partial charge in [-0.1, -0.05) is 6.07 Å². The molecule has 7 N–H and O–H groups in total. The molecule has 2 aliphatic rings. The number of ether oxygens (including phenoxy) is 4. The molecule has 4 rings (SSSR count). The van der Waals surface area contributed by atoms with Gasteiger partial charge < -0.3 is 54.7 Å². The molecule has 12 heteroatoms. The van der Waals surface area contributed by atoms with Crippen molar-refractivity contribution in [3.8, 4) is 28.7 Å². The molecule has 0 bridgehead atoms. The maximum atomic E-state index is 11.3. The number of phenols is 2. The average Bonchev–Trinajstić information content (AvgIpc) is 2.79. The van der Waals surface area contributed by atoms with Gasteiger partial charge in [0, 0.05) is 24.1 Å². The Hall–Kier alpha value is -3.29. The number of benzene rings is 2. The maximum absolute atomic E-state index is 11.3. The van der Waals surface area contributed by atoms with Crippen molar-refractivity contribution in [3.63, 3.8) is 0 Å². The number of hydrogen-bond donors (Lipinski definition) is 7. The molecule has 0 radical (unpaired) electrons. The number of rotatable bonds is 5. The van der Waals surface area contributed by atoms with Crippen molar-refractivity contribution in [1.29, 1.82) is 0 Å². The number of carbonyl (C=O) groups is 1. The van der Waals surface area contributed by atoms with Gasteiger partial charge in [0.05, 0.1) is 13.2 Å². The number of fused-ring (bicyclic) bond motifs is 1. The Morgan fingerprint density at radius 3 is 2.41 bits per heavy atom. The molecule has 0 spiro atoms. The fourth-order valence-corrected chi connectivity index (χ4v) is 3.98. The second-order valence-electron chi connectivity index (χ2n) is 8.01. The van der Waals surface area contributed by atoms with Crippen LogP contribution in [0.2, 0.25) is 0 Å². The SMILES string of the molecule is COc1cc([C@@H]2Oc3cc(O)cc(O)c3C[C@H]2O)ccc1O[C@@H]1O[C@H](C(=O)O)[C@@H](O)[C@H](O)[C@H]1O. The van der Waals surface area contributed by atoms with Gasteiger partial charge in [0.2, 0.25) is 6.29 Å². The Balaban J connectivity index is 1.58. The molecule has 2 heterocycles. The van der Waals surface area contributed by atoms with E-state index in [2.05, 4.69) is 0 Å². The lowest BCUT2D eigenvalue weighted by Gasteiger charge is -2.38. The summed E-state index contributed by atoms with van der Waals surface area (Å²) < 4.78 is 21.8. The van der Waals surface area contributed by atoms with Crippen LogP contribution in [0.3, 0.4) is 0 Å². The summed E-state index contributed by atoms with van der Waals surface area (Å²) in [7, 11) is 1.33. The van der Waals surface area contributed by atoms with Crippen molar-refractivity contribution >= 4 is 5.97 Å². The third-order valence-corrected chi connectivity index (χ3v) is 5.76. The third kappa shape index (κ3) is 4.29. The number of aliphatic hydroxyl groups excluding tert-OH is 4. The lowest BCUT2D eigenvalue weighted by Crippen LogP contribution is -2.61. The molecule has 2 aromatic rings. The highest BCUT2D eigenvalue weighted by molar-refractivity contribution is 5.73. The standard InChI is InChI=1S/C22H24O12/c1-31-15-4-8(19-12(25)7-10-11(24)5-9(23)6-14(10)32-19)2-3-13(15)33-22-18(28)16(26)17(27)20(34-22)21(29)30/h2-6,12,16-20,22-28H,7H2,1H3,(H,29,30)/t12-,16+,17+,18-,19+,20+,22-/m1/s1. The molecule has 2 aromatic carbocycles. The van der Waals surface area contributed by atoms with Gasteiger partial charge in [-0.3, -0.25) is 0 Å². The maximum Gasteiger partial charge on any atom is 0.335 e. The number of phenolic OH excluding ortho intramolecular Hbond substituents is 2. The summed E-state index contributed by atoms with van der Waals surface area (Å²) in [4.78, 5) is 11.3. The molecular weight excluding hydrogens is 456 g/mol. The summed E-state index contributed by atoms with van der Waals surface area (Å²) >= 11 is 0. The van der Waals surface area contributed by atoms with Crippen LogP contribution in [0.25, 0.3) is 0 Å². The molecule has 7 atom stereocenters. The first-order chi connectivity index (χ1) is 16.1. The molecule has 0 amide bonds. The first-order valence-electron chi connectivity index (χ1n) is 10.3. The van der Waals surface area contributed by atoms with E-state index >= 15 is 0 Å². The molecule has 0 saturated carbocycles. The zero-order valence-corrected chi connectivity index (χ0v) is 17.8. The molecular formula is C22H24O12. The fourth-order valence-electron chi connectivity index (χ4n) is 3.98. The Kier molecular flexibility index (Phi) is 6.43. The van der Waals surface area contributed by atoms with E-state index in [0.29, 0.717) is 11.1 Å². The van der Waals surface area contributed by atoms with Gasteiger partial charge >= 0.3 is 5.97 Å². The predicted octanol–water partition coefficient (Wildman–Crippen LogP) is -0.586. The topological polar surface area (TPSA) is 196 Å². The smallest absolute Gasteiger partial charge is 0.335 e. The van der Waals surface area contributed by atoms with Gasteiger partial charge in [0.25, 0.3) is 0 Å². The zero-order valence-electron chi connectivity index (χ0n) is 17.8. The van der Waals surface area contributed by atoms with E-state index in [4.69, 9.17) is 18.9 Å². The Morgan fingerprint density at radius 1 is 1.00 bits per heavy atom. The molecule has 2 aliphatic heterocycles. The molecule has 0 aromatic heterocycles. The van der Waals surface area contributed by atoms with Crippen molar-refractivity contribution in [3.05, 3.63) is 41.5 Å². The molecule has 0 unspecified atom stereocenters. The van der Waals surface area contributed by atoms with Crippen LogP contribution in [0.5, 0.6) is 28.7 Å². The quantitative estimate of drug-likeness (QED) is 0.288. The van der Waals surface area contributed by atoms with Gasteiger partial charge in [0.1, 0.15) is 41.7 Å². The second kappa shape index (κ2) is 9.16. The fraction of sp³-hybridized carbons (Fsp3) is 0.409. The number of aliphatic hydroxyl groups is 4. The monoisotopic (exact) mass is 480 g/mol. The summed E-state index contributed by atoms with van der Waals surface area (Å²) in [5, 5.41) is 69.5. The number of carboxylic acids is 1. The largest absolute Gasteiger partial charge is 0.508 e. The summed E-state index contributed by atoms with van der Waals surface area (Å²) in [5.74, 6) is -1.61. The Morgan fingerprint density at radius 2 is 1.74 bits per heavy atom. The normalized spacial score (nSPS) is 30.7. The molecule has 34 heavy (non-hydrogen) atoms. The van der Waals surface area contributed by atoms with Crippen LogP contribution in [0.4, 0.5) is 0 Å². The summed E-state index contributed by atoms with van der Waals surface area (Å²) in [6, 6.07) is 6.88. The van der Waals surface area contributed by atoms with Gasteiger partial charge in [-0.25, -0.2) is 4.79 Å². The summed E-state index contributed by atoms with van der Waals surface area (Å²) in [5.41, 5.74) is 0.805. The Bertz CT molecular complexity index is 1070. The second-order valence-corrected chi connectivity index (χ2v) is 8.01. The number of hydrogen-bond acceptors (Lipinski definition) is 11. The molecule has 184 valence electrons. The van der Waals surface area contributed by atoms with Crippen LogP contribution < -0.4 is 14.2 Å². The average molecular weight is 480 g/mol. The van der Waals surface area contributed by atoms with Gasteiger partial charge in [-0.05, 0) is 17.7 Å². The first-order valence-corrected chi connectivity index (χ1v) is 10.3. The van der Waals surface area contributed by atoms with E-state index < -0.39 is 48.9 Å². The molecule has 12 nitrogen and oxygen atoms in total. The zero-order chi connectivity index (χ0) is 24.7. The number of carboxylic acid groups (broad SMARTS) is 1. The highest BCUT2D eigenvalue weighted by Crippen LogP contribution is 2.43. The van der Waals surface area contributed by atoms with Crippen molar-refractivity contribution in [1.82, 2.24) is 0 Å².